The number of benzene rings is 1. The smallest absolute Gasteiger partial charge is 0.260 e. The van der Waals surface area contributed by atoms with Gasteiger partial charge in [-0.25, -0.2) is 0 Å². The van der Waals surface area contributed by atoms with Gasteiger partial charge in [-0.3, -0.25) is 4.79 Å². The third kappa shape index (κ3) is 4.16. The van der Waals surface area contributed by atoms with Crippen molar-refractivity contribution in [2.24, 2.45) is 5.92 Å². The number of amides is 1. The molecular formula is C14H16Cl3NO3. The highest BCUT2D eigenvalue weighted by Crippen LogP contribution is 2.33. The Morgan fingerprint density at radius 2 is 2.05 bits per heavy atom. The van der Waals surface area contributed by atoms with E-state index in [9.17, 15) is 9.90 Å². The standard InChI is InChI=1S/C14H16Cl3NO3/c1-8(19)9-2-3-18(6-9)14(20)7-21-13-5-11(16)10(15)4-12(13)17/h4-5,8-9,19H,2-3,6-7H2,1H3. The first-order chi connectivity index (χ1) is 9.88. The highest BCUT2D eigenvalue weighted by atomic mass is 35.5. The van der Waals surface area contributed by atoms with E-state index < -0.39 is 6.10 Å². The van der Waals surface area contributed by atoms with E-state index in [1.54, 1.807) is 11.8 Å². The number of aliphatic hydroxyl groups is 1. The molecule has 2 atom stereocenters. The van der Waals surface area contributed by atoms with E-state index in [4.69, 9.17) is 39.5 Å². The van der Waals surface area contributed by atoms with Crippen molar-refractivity contribution in [3.8, 4) is 5.75 Å². The zero-order valence-corrected chi connectivity index (χ0v) is 13.8. The summed E-state index contributed by atoms with van der Waals surface area (Å²) in [6, 6.07) is 2.96. The molecule has 0 saturated carbocycles. The van der Waals surface area contributed by atoms with Crippen molar-refractivity contribution < 1.29 is 14.6 Å². The maximum absolute atomic E-state index is 12.1. The summed E-state index contributed by atoms with van der Waals surface area (Å²) in [6.07, 6.45) is 0.393. The lowest BCUT2D eigenvalue weighted by Crippen LogP contribution is -2.34. The predicted molar refractivity (Wildman–Crippen MR) is 83.3 cm³/mol. The van der Waals surface area contributed by atoms with Gasteiger partial charge in [0.2, 0.25) is 0 Å². The van der Waals surface area contributed by atoms with Gasteiger partial charge in [0.1, 0.15) is 5.75 Å². The van der Waals surface area contributed by atoms with Gasteiger partial charge in [-0.15, -0.1) is 0 Å². The molecule has 1 aliphatic heterocycles. The molecule has 1 saturated heterocycles. The number of ether oxygens (including phenoxy) is 1. The summed E-state index contributed by atoms with van der Waals surface area (Å²) in [4.78, 5) is 13.8. The number of halogens is 3. The second-order valence-electron chi connectivity index (χ2n) is 5.11. The van der Waals surface area contributed by atoms with Gasteiger partial charge in [-0.1, -0.05) is 34.8 Å². The molecule has 1 aliphatic rings. The quantitative estimate of drug-likeness (QED) is 0.846. The molecule has 1 fully saturated rings. The van der Waals surface area contributed by atoms with Crippen LogP contribution in [0.5, 0.6) is 5.75 Å². The van der Waals surface area contributed by atoms with Crippen LogP contribution in [0.4, 0.5) is 0 Å². The molecule has 21 heavy (non-hydrogen) atoms. The van der Waals surface area contributed by atoms with Gasteiger partial charge < -0.3 is 14.7 Å². The highest BCUT2D eigenvalue weighted by Gasteiger charge is 2.29. The second kappa shape index (κ2) is 7.05. The molecule has 0 aliphatic carbocycles. The van der Waals surface area contributed by atoms with Crippen LogP contribution < -0.4 is 4.74 Å². The van der Waals surface area contributed by atoms with Crippen molar-refractivity contribution in [3.63, 3.8) is 0 Å². The minimum absolute atomic E-state index is 0.121. The summed E-state index contributed by atoms with van der Waals surface area (Å²) in [7, 11) is 0. The Kier molecular flexibility index (Phi) is 5.60. The summed E-state index contributed by atoms with van der Waals surface area (Å²) in [5.41, 5.74) is 0. The molecule has 1 aromatic rings. The first-order valence-corrected chi connectivity index (χ1v) is 7.75. The molecule has 0 spiro atoms. The van der Waals surface area contributed by atoms with Crippen molar-refractivity contribution in [1.29, 1.82) is 0 Å². The fourth-order valence-corrected chi connectivity index (χ4v) is 2.84. The first-order valence-electron chi connectivity index (χ1n) is 6.61. The largest absolute Gasteiger partial charge is 0.482 e. The van der Waals surface area contributed by atoms with E-state index >= 15 is 0 Å². The van der Waals surface area contributed by atoms with Crippen LogP contribution in [0, 0.1) is 5.92 Å². The van der Waals surface area contributed by atoms with E-state index in [1.165, 1.54) is 12.1 Å². The van der Waals surface area contributed by atoms with Gasteiger partial charge >= 0.3 is 0 Å². The predicted octanol–water partition coefficient (Wildman–Crippen LogP) is 3.25. The van der Waals surface area contributed by atoms with Crippen LogP contribution in [0.25, 0.3) is 0 Å². The number of carbonyl (C=O) groups excluding carboxylic acids is 1. The lowest BCUT2D eigenvalue weighted by Gasteiger charge is -2.18. The van der Waals surface area contributed by atoms with Crippen LogP contribution in [0.1, 0.15) is 13.3 Å². The molecule has 2 unspecified atom stereocenters. The Bertz CT molecular complexity index is 536. The Morgan fingerprint density at radius 1 is 1.38 bits per heavy atom. The summed E-state index contributed by atoms with van der Waals surface area (Å²) in [5, 5.41) is 10.5. The van der Waals surface area contributed by atoms with Gasteiger partial charge in [0.15, 0.2) is 6.61 Å². The Morgan fingerprint density at radius 3 is 2.67 bits per heavy atom. The average Bonchev–Trinajstić information content (AvgIpc) is 2.91. The Labute approximate surface area is 138 Å². The number of aliphatic hydroxyl groups excluding tert-OH is 1. The highest BCUT2D eigenvalue weighted by molar-refractivity contribution is 6.43. The maximum atomic E-state index is 12.1. The van der Waals surface area contributed by atoms with E-state index in [0.717, 1.165) is 6.42 Å². The summed E-state index contributed by atoms with van der Waals surface area (Å²) < 4.78 is 5.41. The van der Waals surface area contributed by atoms with Crippen LogP contribution in [-0.2, 0) is 4.79 Å². The number of rotatable bonds is 4. The fourth-order valence-electron chi connectivity index (χ4n) is 2.25. The van der Waals surface area contributed by atoms with E-state index in [-0.39, 0.29) is 18.4 Å². The number of hydrogen-bond acceptors (Lipinski definition) is 3. The SMILES string of the molecule is CC(O)C1CCN(C(=O)COc2cc(Cl)c(Cl)cc2Cl)C1. The minimum atomic E-state index is -0.409. The molecule has 0 aromatic heterocycles. The number of carbonyl (C=O) groups is 1. The number of likely N-dealkylation sites (tertiary alicyclic amines) is 1. The zero-order chi connectivity index (χ0) is 15.6. The summed E-state index contributed by atoms with van der Waals surface area (Å²) in [6.45, 7) is 2.80. The maximum Gasteiger partial charge on any atom is 0.260 e. The lowest BCUT2D eigenvalue weighted by molar-refractivity contribution is -0.132. The third-order valence-electron chi connectivity index (χ3n) is 3.59. The van der Waals surface area contributed by atoms with Crippen molar-refractivity contribution in [2.45, 2.75) is 19.4 Å². The Balaban J connectivity index is 1.92. The Hall–Kier alpha value is -0.680. The van der Waals surface area contributed by atoms with E-state index in [1.807, 2.05) is 0 Å². The normalized spacial score (nSPS) is 19.7. The van der Waals surface area contributed by atoms with Crippen molar-refractivity contribution >= 4 is 40.7 Å². The van der Waals surface area contributed by atoms with E-state index in [2.05, 4.69) is 0 Å². The molecule has 7 heteroatoms. The zero-order valence-electron chi connectivity index (χ0n) is 11.5. The summed E-state index contributed by atoms with van der Waals surface area (Å²) in [5.74, 6) is 0.313. The molecule has 0 bridgehead atoms. The number of nitrogens with zero attached hydrogens (tertiary/aromatic N) is 1. The molecule has 0 radical (unpaired) electrons. The van der Waals surface area contributed by atoms with Crippen LogP contribution in [0.2, 0.25) is 15.1 Å². The molecule has 2 rings (SSSR count). The van der Waals surface area contributed by atoms with E-state index in [0.29, 0.717) is 33.9 Å². The van der Waals surface area contributed by atoms with Gasteiger partial charge in [-0.2, -0.15) is 0 Å². The molecule has 116 valence electrons. The van der Waals surface area contributed by atoms with Gasteiger partial charge in [0, 0.05) is 25.1 Å². The van der Waals surface area contributed by atoms with Crippen molar-refractivity contribution in [2.75, 3.05) is 19.7 Å². The molecular weight excluding hydrogens is 337 g/mol. The van der Waals surface area contributed by atoms with Crippen molar-refractivity contribution in [3.05, 3.63) is 27.2 Å². The van der Waals surface area contributed by atoms with Gasteiger partial charge in [0.05, 0.1) is 21.2 Å². The summed E-state index contributed by atoms with van der Waals surface area (Å²) >= 11 is 17.7. The van der Waals surface area contributed by atoms with Crippen LogP contribution in [0.15, 0.2) is 12.1 Å². The average molecular weight is 353 g/mol. The number of hydrogen-bond donors (Lipinski definition) is 1. The topological polar surface area (TPSA) is 49.8 Å². The van der Waals surface area contributed by atoms with Crippen LogP contribution in [0.3, 0.4) is 0 Å². The lowest BCUT2D eigenvalue weighted by atomic mass is 10.0. The molecule has 1 N–H and O–H groups in total. The minimum Gasteiger partial charge on any atom is -0.482 e. The van der Waals surface area contributed by atoms with Crippen LogP contribution in [-0.4, -0.2) is 41.7 Å². The molecule has 1 amide bonds. The van der Waals surface area contributed by atoms with Crippen molar-refractivity contribution in [1.82, 2.24) is 4.90 Å². The fraction of sp³-hybridized carbons (Fsp3) is 0.500. The second-order valence-corrected chi connectivity index (χ2v) is 6.34. The monoisotopic (exact) mass is 351 g/mol. The molecule has 1 heterocycles. The van der Waals surface area contributed by atoms with Gasteiger partial charge in [0.25, 0.3) is 5.91 Å². The molecule has 4 nitrogen and oxygen atoms in total. The molecule has 1 aromatic carbocycles. The van der Waals surface area contributed by atoms with Gasteiger partial charge in [-0.05, 0) is 19.4 Å². The van der Waals surface area contributed by atoms with Crippen LogP contribution >= 0.6 is 34.8 Å². The first kappa shape index (κ1) is 16.7. The third-order valence-corrected chi connectivity index (χ3v) is 4.60.